The summed E-state index contributed by atoms with van der Waals surface area (Å²) in [6.07, 6.45) is 2.33. The average Bonchev–Trinajstić information content (AvgIpc) is 2.88. The van der Waals surface area contributed by atoms with E-state index >= 15 is 0 Å². The van der Waals surface area contributed by atoms with Crippen LogP contribution in [0.1, 0.15) is 22.4 Å². The summed E-state index contributed by atoms with van der Waals surface area (Å²) in [7, 11) is -3.77. The minimum Gasteiger partial charge on any atom is -0.368 e. The number of anilines is 1. The third-order valence-electron chi connectivity index (χ3n) is 4.44. The number of thiophene rings is 1. The van der Waals surface area contributed by atoms with Crippen LogP contribution in [0.4, 0.5) is 5.95 Å². The highest BCUT2D eigenvalue weighted by atomic mass is 79.9. The van der Waals surface area contributed by atoms with Crippen molar-refractivity contribution < 1.29 is 8.42 Å². The number of rotatable bonds is 2. The number of nitrogens with zero attached hydrogens (tertiary/aromatic N) is 2. The van der Waals surface area contributed by atoms with Crippen molar-refractivity contribution >= 4 is 43.1 Å². The maximum Gasteiger partial charge on any atom is 0.224 e. The van der Waals surface area contributed by atoms with Gasteiger partial charge in [0.05, 0.1) is 14.4 Å². The van der Waals surface area contributed by atoms with Gasteiger partial charge in [-0.1, -0.05) is 17.7 Å². The molecule has 4 rings (SSSR count). The van der Waals surface area contributed by atoms with E-state index in [4.69, 9.17) is 5.73 Å². The van der Waals surface area contributed by atoms with Crippen LogP contribution < -0.4 is 5.73 Å². The van der Waals surface area contributed by atoms with E-state index < -0.39 is 9.84 Å². The van der Waals surface area contributed by atoms with Gasteiger partial charge in [-0.15, -0.1) is 11.3 Å². The highest BCUT2D eigenvalue weighted by Crippen LogP contribution is 2.41. The highest BCUT2D eigenvalue weighted by molar-refractivity contribution is 9.11. The molecule has 2 heterocycles. The SMILES string of the molecule is Cc1ccc(S(=O)(=O)c2nc(N)nc3c2CCCc2sc(Br)cc2-3)cc1. The molecule has 8 heteroatoms. The monoisotopic (exact) mass is 449 g/mol. The fraction of sp³-hybridized carbons (Fsp3) is 0.222. The van der Waals surface area contributed by atoms with Gasteiger partial charge in [-0.2, -0.15) is 0 Å². The number of aromatic nitrogens is 2. The molecule has 0 aliphatic heterocycles. The molecule has 0 bridgehead atoms. The first-order chi connectivity index (χ1) is 12.4. The van der Waals surface area contributed by atoms with E-state index in [1.807, 2.05) is 13.0 Å². The molecular weight excluding hydrogens is 434 g/mol. The number of benzene rings is 1. The Labute approximate surface area is 164 Å². The zero-order valence-corrected chi connectivity index (χ0v) is 17.2. The van der Waals surface area contributed by atoms with E-state index in [0.717, 1.165) is 27.8 Å². The van der Waals surface area contributed by atoms with Gasteiger partial charge in [0.25, 0.3) is 0 Å². The molecule has 134 valence electrons. The van der Waals surface area contributed by atoms with Crippen molar-refractivity contribution in [3.05, 3.63) is 50.1 Å². The number of sulfone groups is 1. The predicted molar refractivity (Wildman–Crippen MR) is 106 cm³/mol. The molecule has 0 amide bonds. The normalized spacial score (nSPS) is 13.8. The highest BCUT2D eigenvalue weighted by Gasteiger charge is 2.29. The summed E-state index contributed by atoms with van der Waals surface area (Å²) in [5.74, 6) is -0.0235. The number of halogens is 1. The molecule has 3 aromatic rings. The first-order valence-electron chi connectivity index (χ1n) is 8.13. The van der Waals surface area contributed by atoms with Crippen molar-refractivity contribution in [2.45, 2.75) is 36.1 Å². The Hall–Kier alpha value is -1.77. The number of nitrogen functional groups attached to an aromatic ring is 1. The molecule has 0 radical (unpaired) electrons. The van der Waals surface area contributed by atoms with E-state index in [2.05, 4.69) is 25.9 Å². The molecule has 1 aliphatic rings. The maximum absolute atomic E-state index is 13.2. The zero-order chi connectivity index (χ0) is 18.5. The lowest BCUT2D eigenvalue weighted by atomic mass is 10.1. The number of hydrogen-bond donors (Lipinski definition) is 1. The van der Waals surface area contributed by atoms with E-state index in [-0.39, 0.29) is 15.9 Å². The van der Waals surface area contributed by atoms with E-state index in [1.54, 1.807) is 35.6 Å². The predicted octanol–water partition coefficient (Wildman–Crippen LogP) is 4.18. The number of nitrogens with two attached hydrogens (primary N) is 1. The summed E-state index contributed by atoms with van der Waals surface area (Å²) in [5, 5.41) is 0.0269. The average molecular weight is 450 g/mol. The summed E-state index contributed by atoms with van der Waals surface area (Å²) in [4.78, 5) is 9.96. The second-order valence-corrected chi connectivity index (χ2v) is 10.7. The van der Waals surface area contributed by atoms with Crippen molar-refractivity contribution in [1.82, 2.24) is 9.97 Å². The van der Waals surface area contributed by atoms with Crippen molar-refractivity contribution in [2.24, 2.45) is 0 Å². The van der Waals surface area contributed by atoms with Gasteiger partial charge < -0.3 is 5.73 Å². The molecule has 0 fully saturated rings. The van der Waals surface area contributed by atoms with Crippen LogP contribution >= 0.6 is 27.3 Å². The van der Waals surface area contributed by atoms with Crippen LogP contribution in [-0.2, 0) is 22.7 Å². The Morgan fingerprint density at radius 2 is 1.88 bits per heavy atom. The van der Waals surface area contributed by atoms with Gasteiger partial charge in [0.15, 0.2) is 5.03 Å². The third kappa shape index (κ3) is 2.95. The molecule has 0 unspecified atom stereocenters. The van der Waals surface area contributed by atoms with Gasteiger partial charge in [-0.25, -0.2) is 18.4 Å². The van der Waals surface area contributed by atoms with E-state index in [1.165, 1.54) is 4.88 Å². The molecule has 0 spiro atoms. The minimum absolute atomic E-state index is 0.0235. The van der Waals surface area contributed by atoms with Crippen LogP contribution in [0.5, 0.6) is 0 Å². The molecular formula is C18H16BrN3O2S2. The van der Waals surface area contributed by atoms with Crippen LogP contribution in [0.15, 0.2) is 44.0 Å². The molecule has 1 aromatic carbocycles. The molecule has 2 N–H and O–H groups in total. The third-order valence-corrected chi connectivity index (χ3v) is 7.87. The van der Waals surface area contributed by atoms with Gasteiger partial charge >= 0.3 is 0 Å². The standard InChI is InChI=1S/C18H16BrN3O2S2/c1-10-5-7-11(8-6-10)26(23,24)17-12-3-2-4-14-13(9-15(19)25-14)16(12)21-18(20)22-17/h5-9H,2-4H2,1H3,(H2,20,21,22). The van der Waals surface area contributed by atoms with Crippen LogP contribution in [-0.4, -0.2) is 18.4 Å². The number of aryl methyl sites for hydroxylation is 2. The van der Waals surface area contributed by atoms with Gasteiger partial charge in [-0.3, -0.25) is 0 Å². The largest absolute Gasteiger partial charge is 0.368 e. The van der Waals surface area contributed by atoms with Gasteiger partial charge in [0.1, 0.15) is 0 Å². The summed E-state index contributed by atoms with van der Waals surface area (Å²) >= 11 is 5.17. The fourth-order valence-corrected chi connectivity index (χ4v) is 6.38. The molecule has 0 atom stereocenters. The molecule has 26 heavy (non-hydrogen) atoms. The van der Waals surface area contributed by atoms with Gasteiger partial charge in [0, 0.05) is 16.0 Å². The summed E-state index contributed by atoms with van der Waals surface area (Å²) in [6.45, 7) is 1.92. The van der Waals surface area contributed by atoms with Crippen LogP contribution in [0.2, 0.25) is 0 Å². The molecule has 1 aliphatic carbocycles. The van der Waals surface area contributed by atoms with Crippen LogP contribution in [0, 0.1) is 6.92 Å². The second-order valence-electron chi connectivity index (χ2n) is 6.27. The Kier molecular flexibility index (Phi) is 4.37. The lowest BCUT2D eigenvalue weighted by Gasteiger charge is -2.13. The molecule has 5 nitrogen and oxygen atoms in total. The van der Waals surface area contributed by atoms with Gasteiger partial charge in [0.2, 0.25) is 15.8 Å². The van der Waals surface area contributed by atoms with Crippen molar-refractivity contribution in [3.8, 4) is 11.3 Å². The van der Waals surface area contributed by atoms with Crippen LogP contribution in [0.25, 0.3) is 11.3 Å². The summed E-state index contributed by atoms with van der Waals surface area (Å²) in [6, 6.07) is 8.77. The second kappa shape index (κ2) is 6.44. The Morgan fingerprint density at radius 1 is 1.15 bits per heavy atom. The van der Waals surface area contributed by atoms with Crippen LogP contribution in [0.3, 0.4) is 0 Å². The summed E-state index contributed by atoms with van der Waals surface area (Å²) < 4.78 is 27.5. The van der Waals surface area contributed by atoms with Gasteiger partial charge in [-0.05, 0) is 60.3 Å². The lowest BCUT2D eigenvalue weighted by molar-refractivity contribution is 0.590. The van der Waals surface area contributed by atoms with Crippen molar-refractivity contribution in [1.29, 1.82) is 0 Å². The van der Waals surface area contributed by atoms with E-state index in [0.29, 0.717) is 17.7 Å². The summed E-state index contributed by atoms with van der Waals surface area (Å²) in [5.41, 5.74) is 9.14. The fourth-order valence-electron chi connectivity index (χ4n) is 3.19. The Bertz CT molecular complexity index is 1110. The maximum atomic E-state index is 13.2. The molecule has 0 saturated carbocycles. The smallest absolute Gasteiger partial charge is 0.224 e. The lowest BCUT2D eigenvalue weighted by Crippen LogP contribution is -2.13. The minimum atomic E-state index is -3.77. The van der Waals surface area contributed by atoms with E-state index in [9.17, 15) is 8.42 Å². The first kappa shape index (κ1) is 17.6. The topological polar surface area (TPSA) is 85.9 Å². The van der Waals surface area contributed by atoms with Crippen molar-refractivity contribution in [2.75, 3.05) is 5.73 Å². The van der Waals surface area contributed by atoms with Crippen molar-refractivity contribution in [3.63, 3.8) is 0 Å². The first-order valence-corrected chi connectivity index (χ1v) is 11.2. The Morgan fingerprint density at radius 3 is 2.62 bits per heavy atom. The Balaban J connectivity index is 1.97. The number of hydrogen-bond acceptors (Lipinski definition) is 6. The quantitative estimate of drug-likeness (QED) is 0.592. The zero-order valence-electron chi connectivity index (χ0n) is 14.0. The molecule has 2 aromatic heterocycles. The number of fused-ring (bicyclic) bond motifs is 3. The molecule has 0 saturated heterocycles.